The molecule has 0 radical (unpaired) electrons. The van der Waals surface area contributed by atoms with E-state index in [2.05, 4.69) is 32.6 Å². The highest BCUT2D eigenvalue weighted by atomic mass is 16.3. The molecule has 2 aliphatic rings. The van der Waals surface area contributed by atoms with Crippen LogP contribution in [0.15, 0.2) is 35.2 Å². The second-order valence-corrected chi connectivity index (χ2v) is 10.6. The fourth-order valence-corrected chi connectivity index (χ4v) is 4.56. The van der Waals surface area contributed by atoms with Crippen LogP contribution >= 0.6 is 0 Å². The largest absolute Gasteiger partial charge is 0.444 e. The Morgan fingerprint density at radius 3 is 2.71 bits per heavy atom. The lowest BCUT2D eigenvalue weighted by Gasteiger charge is -2.26. The van der Waals surface area contributed by atoms with Gasteiger partial charge in [-0.05, 0) is 76.3 Å². The van der Waals surface area contributed by atoms with Gasteiger partial charge >= 0.3 is 0 Å². The Bertz CT molecular complexity index is 1180. The standard InChI is InChI=1S/C26H34N6O3/c1-16-4-8-19(9-5-16)32-14-20(23(31-32)26(2,3)34)29-24(33)21-15-35-25(30-21)18-10-11-27-22(12-18)28-13-17-6-7-17/h10-12,14-17,19,34H,4-9,13H2,1-3H3,(H,27,28)(H,29,33)/t16-,19+. The maximum absolute atomic E-state index is 13.0. The molecule has 0 unspecified atom stereocenters. The average molecular weight is 479 g/mol. The van der Waals surface area contributed by atoms with Gasteiger partial charge in [0.15, 0.2) is 5.69 Å². The van der Waals surface area contributed by atoms with Crippen LogP contribution < -0.4 is 10.6 Å². The van der Waals surface area contributed by atoms with Crippen LogP contribution in [0.4, 0.5) is 11.5 Å². The van der Waals surface area contributed by atoms with Crippen molar-refractivity contribution in [2.75, 3.05) is 17.2 Å². The summed E-state index contributed by atoms with van der Waals surface area (Å²) in [5, 5.41) is 21.6. The summed E-state index contributed by atoms with van der Waals surface area (Å²) in [6.07, 6.45) is 11.8. The lowest BCUT2D eigenvalue weighted by atomic mass is 9.87. The van der Waals surface area contributed by atoms with Crippen molar-refractivity contribution in [3.63, 3.8) is 0 Å². The number of carbonyl (C=O) groups is 1. The summed E-state index contributed by atoms with van der Waals surface area (Å²) in [5.41, 5.74) is 0.625. The van der Waals surface area contributed by atoms with E-state index in [0.717, 1.165) is 55.4 Å². The number of hydrogen-bond acceptors (Lipinski definition) is 7. The number of pyridine rings is 1. The van der Waals surface area contributed by atoms with Gasteiger partial charge in [0.1, 0.15) is 23.4 Å². The number of nitrogens with one attached hydrogen (secondary N) is 2. The molecule has 0 spiro atoms. The lowest BCUT2D eigenvalue weighted by molar-refractivity contribution is 0.0730. The Hall–Kier alpha value is -3.20. The van der Waals surface area contributed by atoms with E-state index in [-0.39, 0.29) is 11.7 Å². The van der Waals surface area contributed by atoms with Crippen LogP contribution in [0.5, 0.6) is 0 Å². The maximum Gasteiger partial charge on any atom is 0.277 e. The summed E-state index contributed by atoms with van der Waals surface area (Å²) in [7, 11) is 0. The average Bonchev–Trinajstić information content (AvgIpc) is 3.34. The number of carbonyl (C=O) groups excluding carboxylic acids is 1. The van der Waals surface area contributed by atoms with Gasteiger partial charge in [-0.3, -0.25) is 9.48 Å². The molecule has 9 nitrogen and oxygen atoms in total. The zero-order valence-corrected chi connectivity index (χ0v) is 20.6. The molecule has 0 atom stereocenters. The third-order valence-electron chi connectivity index (χ3n) is 6.93. The van der Waals surface area contributed by atoms with Crippen molar-refractivity contribution in [3.8, 4) is 11.5 Å². The molecule has 3 aromatic heterocycles. The van der Waals surface area contributed by atoms with Gasteiger partial charge in [0, 0.05) is 24.5 Å². The number of hydrogen-bond donors (Lipinski definition) is 3. The molecular weight excluding hydrogens is 444 g/mol. The summed E-state index contributed by atoms with van der Waals surface area (Å²) >= 11 is 0. The van der Waals surface area contributed by atoms with Crippen LogP contribution in [-0.4, -0.2) is 37.3 Å². The highest BCUT2D eigenvalue weighted by Crippen LogP contribution is 2.35. The van der Waals surface area contributed by atoms with E-state index in [4.69, 9.17) is 4.42 Å². The van der Waals surface area contributed by atoms with Crippen molar-refractivity contribution in [2.24, 2.45) is 11.8 Å². The molecule has 186 valence electrons. The number of rotatable bonds is 8. The highest BCUT2D eigenvalue weighted by molar-refractivity contribution is 6.03. The molecule has 35 heavy (non-hydrogen) atoms. The van der Waals surface area contributed by atoms with E-state index in [9.17, 15) is 9.90 Å². The normalized spacial score (nSPS) is 20.6. The van der Waals surface area contributed by atoms with E-state index >= 15 is 0 Å². The summed E-state index contributed by atoms with van der Waals surface area (Å²) in [6.45, 7) is 6.53. The van der Waals surface area contributed by atoms with Crippen molar-refractivity contribution >= 4 is 17.4 Å². The maximum atomic E-state index is 13.0. The van der Waals surface area contributed by atoms with E-state index < -0.39 is 11.5 Å². The zero-order chi connectivity index (χ0) is 24.6. The number of aromatic nitrogens is 4. The minimum Gasteiger partial charge on any atom is -0.444 e. The Morgan fingerprint density at radius 2 is 2.00 bits per heavy atom. The molecule has 3 N–H and O–H groups in total. The van der Waals surface area contributed by atoms with Crippen molar-refractivity contribution in [1.29, 1.82) is 0 Å². The van der Waals surface area contributed by atoms with Crippen LogP contribution in [0, 0.1) is 11.8 Å². The summed E-state index contributed by atoms with van der Waals surface area (Å²) in [6, 6.07) is 3.94. The number of nitrogens with zero attached hydrogens (tertiary/aromatic N) is 4. The molecule has 9 heteroatoms. The Morgan fingerprint density at radius 1 is 1.23 bits per heavy atom. The quantitative estimate of drug-likeness (QED) is 0.417. The number of amides is 1. The third kappa shape index (κ3) is 5.56. The van der Waals surface area contributed by atoms with Crippen LogP contribution in [0.25, 0.3) is 11.5 Å². The molecule has 3 aromatic rings. The molecule has 0 bridgehead atoms. The second-order valence-electron chi connectivity index (χ2n) is 10.6. The minimum atomic E-state index is -1.20. The molecule has 3 heterocycles. The fourth-order valence-electron chi connectivity index (χ4n) is 4.56. The SMILES string of the molecule is CC(C)(O)c1nn([C@H]2CC[C@@H](C)CC2)cc1NC(=O)c1coc(-c2ccnc(NCC3CC3)c2)n1. The van der Waals surface area contributed by atoms with Gasteiger partial charge in [-0.15, -0.1) is 0 Å². The Balaban J connectivity index is 1.31. The van der Waals surface area contributed by atoms with E-state index in [0.29, 0.717) is 17.3 Å². The van der Waals surface area contributed by atoms with E-state index in [1.54, 1.807) is 26.1 Å². The smallest absolute Gasteiger partial charge is 0.277 e. The van der Waals surface area contributed by atoms with Crippen LogP contribution in [0.3, 0.4) is 0 Å². The fraction of sp³-hybridized carbons (Fsp3) is 0.538. The Kier molecular flexibility index (Phi) is 6.35. The number of aliphatic hydroxyl groups is 1. The van der Waals surface area contributed by atoms with E-state index in [1.807, 2.05) is 16.9 Å². The van der Waals surface area contributed by atoms with Gasteiger partial charge in [-0.25, -0.2) is 9.97 Å². The molecule has 2 fully saturated rings. The first-order valence-electron chi connectivity index (χ1n) is 12.6. The topological polar surface area (TPSA) is 118 Å². The summed E-state index contributed by atoms with van der Waals surface area (Å²) in [4.78, 5) is 21.8. The van der Waals surface area contributed by atoms with Gasteiger partial charge in [0.2, 0.25) is 5.89 Å². The first-order chi connectivity index (χ1) is 16.8. The molecule has 0 saturated heterocycles. The van der Waals surface area contributed by atoms with Gasteiger partial charge in [0.05, 0.1) is 11.7 Å². The third-order valence-corrected chi connectivity index (χ3v) is 6.93. The van der Waals surface area contributed by atoms with Gasteiger partial charge in [-0.1, -0.05) is 6.92 Å². The minimum absolute atomic E-state index is 0.158. The second kappa shape index (κ2) is 9.45. The Labute approximate surface area is 205 Å². The number of oxazole rings is 1. The van der Waals surface area contributed by atoms with Gasteiger partial charge in [-0.2, -0.15) is 5.10 Å². The predicted molar refractivity (Wildman–Crippen MR) is 133 cm³/mol. The van der Waals surface area contributed by atoms with Crippen LogP contribution in [0.2, 0.25) is 0 Å². The number of anilines is 2. The van der Waals surface area contributed by atoms with E-state index in [1.165, 1.54) is 19.1 Å². The van der Waals surface area contributed by atoms with Gasteiger partial charge < -0.3 is 20.2 Å². The molecule has 5 rings (SSSR count). The molecule has 2 aliphatic carbocycles. The van der Waals surface area contributed by atoms with Crippen LogP contribution in [-0.2, 0) is 5.60 Å². The predicted octanol–water partition coefficient (Wildman–Crippen LogP) is 4.99. The zero-order valence-electron chi connectivity index (χ0n) is 20.6. The van der Waals surface area contributed by atoms with Crippen molar-refractivity contribution < 1.29 is 14.3 Å². The van der Waals surface area contributed by atoms with Crippen molar-refractivity contribution in [2.45, 2.75) is 70.9 Å². The lowest BCUT2D eigenvalue weighted by Crippen LogP contribution is -2.22. The van der Waals surface area contributed by atoms with Gasteiger partial charge in [0.25, 0.3) is 5.91 Å². The summed E-state index contributed by atoms with van der Waals surface area (Å²) < 4.78 is 7.51. The molecule has 0 aromatic carbocycles. The monoisotopic (exact) mass is 478 g/mol. The van der Waals surface area contributed by atoms with Crippen molar-refractivity contribution in [1.82, 2.24) is 19.7 Å². The highest BCUT2D eigenvalue weighted by Gasteiger charge is 2.29. The first kappa shape index (κ1) is 23.5. The summed E-state index contributed by atoms with van der Waals surface area (Å²) in [5.74, 6) is 2.15. The molecular formula is C26H34N6O3. The van der Waals surface area contributed by atoms with Crippen molar-refractivity contribution in [3.05, 3.63) is 42.2 Å². The first-order valence-corrected chi connectivity index (χ1v) is 12.6. The molecule has 1 amide bonds. The van der Waals surface area contributed by atoms with Crippen LogP contribution in [0.1, 0.15) is 81.5 Å². The molecule has 2 saturated carbocycles. The molecule has 0 aliphatic heterocycles.